The van der Waals surface area contributed by atoms with E-state index in [0.29, 0.717) is 100 Å². The van der Waals surface area contributed by atoms with Gasteiger partial charge in [0.2, 0.25) is 76.8 Å². The molecule has 0 spiro atoms. The first-order valence-electron chi connectivity index (χ1n) is 42.4. The predicted molar refractivity (Wildman–Crippen MR) is 440 cm³/mol. The van der Waals surface area contributed by atoms with Gasteiger partial charge in [-0.1, -0.05) is 132 Å². The molecule has 0 saturated carbocycles. The van der Waals surface area contributed by atoms with Crippen molar-refractivity contribution in [2.24, 2.45) is 0 Å². The monoisotopic (exact) mass is 1680 g/mol. The van der Waals surface area contributed by atoms with Crippen molar-refractivity contribution < 1.29 is 92.3 Å². The van der Waals surface area contributed by atoms with E-state index in [1.807, 2.05) is 6.26 Å². The fourth-order valence-electron chi connectivity index (χ4n) is 15.3. The van der Waals surface area contributed by atoms with Crippen LogP contribution in [0, 0.1) is 0 Å². The highest BCUT2D eigenvalue weighted by Gasteiger charge is 2.47. The number of aliphatic hydroxyl groups is 2. The summed E-state index contributed by atoms with van der Waals surface area (Å²) in [6.45, 7) is 4.19. The molecule has 35 nitrogen and oxygen atoms in total. The SMILES string of the molecule is CCCCCCCCCCCCCCCC(=O)NCCOCc1cn(CCCCC(=O)N[C@@H](C)C(=O)N[C@@H](Cc2ccc(O)cc2)C(=O)N[C@@H](CO)C(=O)N[C@@H](CO)C(=O)NCC(=O)N[C@@H](C)C(=O)N2CCC[C@H]2C(=O)N2CCC[C@H]2C(=O)N[C@@H](CCSC)C(=O)N2CCC[C@H]2C(=O)N2CCC[C@H]2C(=O)N[C@@H](Cc2ccccc2)C(=O)O)nn1. The molecule has 3 aromatic rings. The summed E-state index contributed by atoms with van der Waals surface area (Å²) in [5.41, 5.74) is 1.75. The Kier molecular flexibility index (Phi) is 41.8. The van der Waals surface area contributed by atoms with Gasteiger partial charge in [0.25, 0.3) is 0 Å². The van der Waals surface area contributed by atoms with Crippen LogP contribution in [-0.2, 0) is 97.9 Å². The summed E-state index contributed by atoms with van der Waals surface area (Å²) in [5, 5.41) is 71.8. The number of aryl methyl sites for hydroxylation is 1. The summed E-state index contributed by atoms with van der Waals surface area (Å²) in [7, 11) is 0. The maximum atomic E-state index is 14.6. The van der Waals surface area contributed by atoms with Crippen molar-refractivity contribution in [1.82, 2.24) is 82.4 Å². The molecule has 4 aliphatic heterocycles. The van der Waals surface area contributed by atoms with Gasteiger partial charge in [-0.05, 0) is 126 Å². The van der Waals surface area contributed by atoms with E-state index >= 15 is 0 Å². The minimum absolute atomic E-state index is 0.00911. The third-order valence-electron chi connectivity index (χ3n) is 22.0. The van der Waals surface area contributed by atoms with Crippen LogP contribution in [-0.4, -0.2) is 275 Å². The number of rotatable bonds is 53. The van der Waals surface area contributed by atoms with E-state index in [9.17, 15) is 87.5 Å². The lowest BCUT2D eigenvalue weighted by atomic mass is 10.0. The Balaban J connectivity index is 0.808. The van der Waals surface area contributed by atoms with Crippen LogP contribution < -0.4 is 47.9 Å². The number of amides is 13. The number of thioether (sulfide) groups is 1. The quantitative estimate of drug-likeness (QED) is 0.0360. The molecule has 2 aromatic carbocycles. The van der Waals surface area contributed by atoms with Crippen LogP contribution in [0.3, 0.4) is 0 Å². The van der Waals surface area contributed by atoms with Gasteiger partial charge < -0.3 is 92.6 Å². The number of carboxylic acids is 1. The van der Waals surface area contributed by atoms with Gasteiger partial charge in [0.05, 0.1) is 39.2 Å². The lowest BCUT2D eigenvalue weighted by Gasteiger charge is -2.34. The third kappa shape index (κ3) is 31.7. The number of hydrogen-bond donors (Lipinski definition) is 13. The molecule has 4 fully saturated rings. The summed E-state index contributed by atoms with van der Waals surface area (Å²) in [4.78, 5) is 197. The fourth-order valence-corrected chi connectivity index (χ4v) is 15.8. The van der Waals surface area contributed by atoms with Gasteiger partial charge in [-0.25, -0.2) is 4.79 Å². The third-order valence-corrected chi connectivity index (χ3v) is 22.6. The molecule has 13 amide bonds. The van der Waals surface area contributed by atoms with E-state index in [4.69, 9.17) is 4.74 Å². The molecule has 0 radical (unpaired) electrons. The molecular formula is C83H126N16O19S. The summed E-state index contributed by atoms with van der Waals surface area (Å²) in [6, 6.07) is 0.761. The van der Waals surface area contributed by atoms with Gasteiger partial charge in [-0.2, -0.15) is 11.8 Å². The Morgan fingerprint density at radius 3 is 1.56 bits per heavy atom. The zero-order valence-corrected chi connectivity index (χ0v) is 70.2. The second-order valence-corrected chi connectivity index (χ2v) is 32.2. The number of phenols is 1. The molecule has 658 valence electrons. The first-order valence-corrected chi connectivity index (χ1v) is 43.8. The largest absolute Gasteiger partial charge is 0.508 e. The van der Waals surface area contributed by atoms with Gasteiger partial charge >= 0.3 is 5.97 Å². The van der Waals surface area contributed by atoms with Crippen molar-refractivity contribution in [2.45, 2.75) is 280 Å². The van der Waals surface area contributed by atoms with E-state index in [0.717, 1.165) is 19.3 Å². The predicted octanol–water partition coefficient (Wildman–Crippen LogP) is 2.09. The molecular weight excluding hydrogens is 1560 g/mol. The number of ether oxygens (including phenoxy) is 1. The van der Waals surface area contributed by atoms with Gasteiger partial charge in [-0.15, -0.1) is 5.10 Å². The number of aromatic hydroxyl groups is 1. The van der Waals surface area contributed by atoms with Crippen LogP contribution in [0.1, 0.15) is 205 Å². The maximum Gasteiger partial charge on any atom is 0.326 e. The van der Waals surface area contributed by atoms with Gasteiger partial charge in [0.15, 0.2) is 0 Å². The van der Waals surface area contributed by atoms with Crippen LogP contribution in [0.4, 0.5) is 0 Å². The number of nitrogens with one attached hydrogen (secondary N) is 9. The number of carbonyl (C=O) groups is 14. The minimum Gasteiger partial charge on any atom is -0.508 e. The summed E-state index contributed by atoms with van der Waals surface area (Å²) >= 11 is 1.44. The van der Waals surface area contributed by atoms with Crippen LogP contribution in [0.5, 0.6) is 5.75 Å². The molecule has 0 aliphatic carbocycles. The van der Waals surface area contributed by atoms with E-state index in [-0.39, 0.29) is 83.0 Å². The molecule has 13 N–H and O–H groups in total. The maximum absolute atomic E-state index is 14.6. The number of aliphatic carboxylic acids is 1. The summed E-state index contributed by atoms with van der Waals surface area (Å²) in [6.07, 6.45) is 24.0. The van der Waals surface area contributed by atoms with Gasteiger partial charge in [0, 0.05) is 65.0 Å². The van der Waals surface area contributed by atoms with Crippen molar-refractivity contribution >= 4 is 94.5 Å². The number of carboxylic acid groups (broad SMARTS) is 1. The highest BCUT2D eigenvalue weighted by molar-refractivity contribution is 7.98. The molecule has 11 atom stereocenters. The lowest BCUT2D eigenvalue weighted by Crippen LogP contribution is -2.60. The van der Waals surface area contributed by atoms with Crippen molar-refractivity contribution in [3.05, 3.63) is 77.6 Å². The highest BCUT2D eigenvalue weighted by Crippen LogP contribution is 2.29. The molecule has 4 saturated heterocycles. The first kappa shape index (κ1) is 96.3. The molecule has 36 heteroatoms. The second kappa shape index (κ2) is 51.6. The number of nitrogens with zero attached hydrogens (tertiary/aromatic N) is 7. The number of likely N-dealkylation sites (tertiary alicyclic amines) is 4. The zero-order chi connectivity index (χ0) is 86.2. The van der Waals surface area contributed by atoms with Crippen LogP contribution in [0.25, 0.3) is 0 Å². The second-order valence-electron chi connectivity index (χ2n) is 31.2. The standard InChI is InChI=1S/C83H126N16O19S/c1-5-6-7-8-9-10-11-12-13-14-15-16-20-33-70(103)84-40-46-118-54-59-51-95(94-93-59)41-22-21-34-71(104)86-55(2)73(106)89-62(48-58-35-37-60(102)38-36-58)75(108)92-65(53-101)76(109)91-64(52-100)74(107)85-50-72(105)87-56(3)79(112)98-44-25-31-68(98)81(114)96-42-23-29-66(96)77(110)88-61(39-47-119-4)80(113)99-45-26-32-69(99)82(115)97-43-24-30-67(97)78(111)90-63(83(116)117)49-57-27-18-17-19-28-57/h17-19,27-28,35-38,51,55-56,61-69,100-102H,5-16,20-26,29-34,39-50,52-54H2,1-4H3,(H,84,103)(H,85,107)(H,86,104)(H,87,105)(H,88,110)(H,89,106)(H,90,111)(H,91,109)(H,92,108)(H,116,117)/t55-,56-,61-,62-,63-,64-,65-,66-,67-,68-,69-/m0/s1. The molecule has 7 rings (SSSR count). The normalized spacial score (nSPS) is 18.2. The minimum atomic E-state index is -1.78. The lowest BCUT2D eigenvalue weighted by molar-refractivity contribution is -0.149. The number of phenolic OH excluding ortho intramolecular Hbond substituents is 1. The molecule has 1 aromatic heterocycles. The summed E-state index contributed by atoms with van der Waals surface area (Å²) < 4.78 is 7.32. The van der Waals surface area contributed by atoms with E-state index in [2.05, 4.69) is 65.1 Å². The number of aliphatic hydroxyl groups excluding tert-OH is 2. The molecule has 119 heavy (non-hydrogen) atoms. The Labute approximate surface area is 700 Å². The number of aromatic nitrogens is 3. The van der Waals surface area contributed by atoms with Crippen molar-refractivity contribution in [2.75, 3.05) is 71.1 Å². The number of benzene rings is 2. The molecule has 4 aliphatic rings. The first-order chi connectivity index (χ1) is 57.3. The smallest absolute Gasteiger partial charge is 0.326 e. The topological polar surface area (TPSA) is 481 Å². The Hall–Kier alpha value is -9.81. The van der Waals surface area contributed by atoms with Crippen molar-refractivity contribution in [1.29, 1.82) is 0 Å². The Morgan fingerprint density at radius 1 is 0.504 bits per heavy atom. The van der Waals surface area contributed by atoms with Crippen LogP contribution in [0.2, 0.25) is 0 Å². The number of carbonyl (C=O) groups excluding carboxylic acids is 13. The Bertz CT molecular complexity index is 3800. The number of hydrogen-bond acceptors (Lipinski definition) is 21. The fraction of sp³-hybridized carbons (Fsp3) is 0.663. The average molecular weight is 1680 g/mol. The van der Waals surface area contributed by atoms with Crippen molar-refractivity contribution in [3.8, 4) is 5.75 Å². The van der Waals surface area contributed by atoms with Gasteiger partial charge in [0.1, 0.15) is 77.9 Å². The molecule has 0 unspecified atom stereocenters. The zero-order valence-electron chi connectivity index (χ0n) is 69.4. The van der Waals surface area contributed by atoms with Crippen LogP contribution in [0.15, 0.2) is 60.8 Å². The van der Waals surface area contributed by atoms with E-state index in [1.54, 1.807) is 41.2 Å². The van der Waals surface area contributed by atoms with Crippen molar-refractivity contribution in [3.63, 3.8) is 0 Å². The Morgan fingerprint density at radius 2 is 0.992 bits per heavy atom. The average Bonchev–Trinajstić information content (AvgIpc) is 1.67. The van der Waals surface area contributed by atoms with Gasteiger partial charge in [-0.3, -0.25) is 67.0 Å². The molecule has 5 heterocycles. The van der Waals surface area contributed by atoms with Crippen LogP contribution >= 0.6 is 11.8 Å². The van der Waals surface area contributed by atoms with E-state index in [1.165, 1.54) is 134 Å². The highest BCUT2D eigenvalue weighted by atomic mass is 32.2. The number of unbranched alkanes of at least 4 members (excludes halogenated alkanes) is 13. The molecule has 0 bridgehead atoms. The summed E-state index contributed by atoms with van der Waals surface area (Å²) in [5.74, 6) is -9.57. The van der Waals surface area contributed by atoms with E-state index < -0.39 is 163 Å².